The third-order valence-corrected chi connectivity index (χ3v) is 5.77. The second-order valence-electron chi connectivity index (χ2n) is 7.95. The van der Waals surface area contributed by atoms with Gasteiger partial charge >= 0.3 is 11.9 Å². The Morgan fingerprint density at radius 2 is 1.61 bits per heavy atom. The number of rotatable bonds is 9. The number of imidazole rings is 1. The van der Waals surface area contributed by atoms with Crippen molar-refractivity contribution in [3.8, 4) is 6.07 Å². The lowest BCUT2D eigenvalue weighted by atomic mass is 10.2. The van der Waals surface area contributed by atoms with E-state index in [9.17, 15) is 27.6 Å². The van der Waals surface area contributed by atoms with E-state index in [-0.39, 0.29) is 11.0 Å². The van der Waals surface area contributed by atoms with Crippen LogP contribution in [0.5, 0.6) is 0 Å². The molecule has 0 spiro atoms. The van der Waals surface area contributed by atoms with Gasteiger partial charge in [-0.15, -0.1) is 0 Å². The van der Waals surface area contributed by atoms with Gasteiger partial charge in [-0.25, -0.2) is 4.79 Å². The third-order valence-electron chi connectivity index (χ3n) is 5.77. The molecule has 1 heterocycles. The number of nitrogens with zero attached hydrogens (tertiary/aromatic N) is 5. The molecule has 2 aromatic carbocycles. The van der Waals surface area contributed by atoms with Crippen LogP contribution in [0.3, 0.4) is 0 Å². The Labute approximate surface area is 204 Å². The Morgan fingerprint density at radius 1 is 1.00 bits per heavy atom. The summed E-state index contributed by atoms with van der Waals surface area (Å²) < 4.78 is 41.5. The zero-order chi connectivity index (χ0) is 26.6. The summed E-state index contributed by atoms with van der Waals surface area (Å²) in [5.74, 6) is -1.47. The van der Waals surface area contributed by atoms with Crippen LogP contribution >= 0.6 is 0 Å². The highest BCUT2D eigenvalue weighted by Gasteiger charge is 2.32. The molecule has 0 aliphatic rings. The van der Waals surface area contributed by atoms with Gasteiger partial charge in [0.2, 0.25) is 11.8 Å². The molecule has 190 valence electrons. The van der Waals surface area contributed by atoms with Gasteiger partial charge in [0.25, 0.3) is 0 Å². The number of hydrogen-bond donors (Lipinski definition) is 1. The van der Waals surface area contributed by atoms with Crippen molar-refractivity contribution < 1.29 is 22.8 Å². The first-order valence-electron chi connectivity index (χ1n) is 11.1. The second-order valence-corrected chi connectivity index (χ2v) is 7.95. The fraction of sp³-hybridized carbons (Fsp3) is 0.333. The zero-order valence-electron chi connectivity index (χ0n) is 19.7. The number of hydrogen-bond acceptors (Lipinski definition) is 5. The zero-order valence-corrected chi connectivity index (χ0v) is 19.7. The highest BCUT2D eigenvalue weighted by molar-refractivity contribution is 5.99. The number of benzene rings is 2. The van der Waals surface area contributed by atoms with E-state index in [4.69, 9.17) is 11.0 Å². The molecule has 0 saturated heterocycles. The molecule has 36 heavy (non-hydrogen) atoms. The van der Waals surface area contributed by atoms with E-state index in [0.29, 0.717) is 5.69 Å². The van der Waals surface area contributed by atoms with Crippen molar-refractivity contribution >= 4 is 34.2 Å². The Balaban J connectivity index is 2.03. The molecule has 12 heteroatoms. The van der Waals surface area contributed by atoms with Gasteiger partial charge in [-0.1, -0.05) is 0 Å². The maximum absolute atomic E-state index is 13.3. The van der Waals surface area contributed by atoms with Crippen LogP contribution < -0.4 is 21.2 Å². The van der Waals surface area contributed by atoms with E-state index in [1.807, 2.05) is 13.8 Å². The molecule has 3 rings (SSSR count). The molecule has 0 unspecified atom stereocenters. The van der Waals surface area contributed by atoms with Crippen LogP contribution in [0.2, 0.25) is 0 Å². The number of nitriles is 1. The largest absolute Gasteiger partial charge is 0.416 e. The fourth-order valence-corrected chi connectivity index (χ4v) is 4.00. The summed E-state index contributed by atoms with van der Waals surface area (Å²) in [4.78, 5) is 41.1. The highest BCUT2D eigenvalue weighted by Crippen LogP contribution is 2.31. The summed E-state index contributed by atoms with van der Waals surface area (Å²) in [5.41, 5.74) is 4.72. The fourth-order valence-electron chi connectivity index (χ4n) is 4.00. The van der Waals surface area contributed by atoms with Gasteiger partial charge in [-0.05, 0) is 56.3 Å². The van der Waals surface area contributed by atoms with Crippen molar-refractivity contribution in [1.29, 1.82) is 5.26 Å². The van der Waals surface area contributed by atoms with Gasteiger partial charge in [0.15, 0.2) is 0 Å². The van der Waals surface area contributed by atoms with Crippen molar-refractivity contribution in [2.24, 2.45) is 5.73 Å². The minimum Gasteiger partial charge on any atom is -0.372 e. The van der Waals surface area contributed by atoms with Gasteiger partial charge in [0.1, 0.15) is 19.6 Å². The van der Waals surface area contributed by atoms with Gasteiger partial charge in [-0.2, -0.15) is 18.4 Å². The van der Waals surface area contributed by atoms with E-state index in [2.05, 4.69) is 4.90 Å². The number of primary amides is 1. The molecule has 2 amide bonds. The van der Waals surface area contributed by atoms with Crippen LogP contribution in [0.1, 0.15) is 19.4 Å². The molecule has 0 radical (unpaired) electrons. The molecule has 0 bridgehead atoms. The lowest BCUT2D eigenvalue weighted by Crippen LogP contribution is -2.41. The van der Waals surface area contributed by atoms with Gasteiger partial charge in [0.05, 0.1) is 22.7 Å². The predicted molar refractivity (Wildman–Crippen MR) is 128 cm³/mol. The summed E-state index contributed by atoms with van der Waals surface area (Å²) >= 11 is 0. The molecule has 0 aliphatic heterocycles. The number of fused-ring (bicyclic) bond motifs is 1. The molecule has 0 atom stereocenters. The number of anilines is 2. The van der Waals surface area contributed by atoms with Crippen molar-refractivity contribution in [2.75, 3.05) is 29.4 Å². The third kappa shape index (κ3) is 5.35. The van der Waals surface area contributed by atoms with E-state index in [1.165, 1.54) is 0 Å². The molecule has 2 N–H and O–H groups in total. The van der Waals surface area contributed by atoms with Gasteiger partial charge < -0.3 is 15.5 Å². The van der Waals surface area contributed by atoms with E-state index in [0.717, 1.165) is 51.0 Å². The monoisotopic (exact) mass is 502 g/mol. The summed E-state index contributed by atoms with van der Waals surface area (Å²) in [6.07, 6.45) is -4.66. The first-order valence-corrected chi connectivity index (χ1v) is 11.1. The summed E-state index contributed by atoms with van der Waals surface area (Å²) in [6.45, 7) is 3.99. The van der Waals surface area contributed by atoms with Crippen LogP contribution in [0.15, 0.2) is 47.3 Å². The molecule has 0 aliphatic carbocycles. The quantitative estimate of drug-likeness (QED) is 0.483. The number of alkyl halides is 3. The van der Waals surface area contributed by atoms with Crippen molar-refractivity contribution in [3.63, 3.8) is 0 Å². The molecule has 0 fully saturated rings. The number of halogens is 3. The Kier molecular flexibility index (Phi) is 7.72. The molecule has 0 saturated carbocycles. The van der Waals surface area contributed by atoms with Crippen LogP contribution in [0.25, 0.3) is 11.0 Å². The molecular formula is C24H25F3N6O3. The average molecular weight is 502 g/mol. The Morgan fingerprint density at radius 3 is 2.14 bits per heavy atom. The normalized spacial score (nSPS) is 11.3. The smallest absolute Gasteiger partial charge is 0.372 e. The number of aromatic nitrogens is 2. The highest BCUT2D eigenvalue weighted by atomic mass is 19.4. The number of carbonyl (C=O) groups excluding carboxylic acids is 2. The molecule has 3 aromatic rings. The summed E-state index contributed by atoms with van der Waals surface area (Å²) in [5, 5.41) is 9.09. The van der Waals surface area contributed by atoms with Crippen LogP contribution in [0, 0.1) is 11.3 Å². The number of carbonyl (C=O) groups is 2. The van der Waals surface area contributed by atoms with Crippen LogP contribution in [0.4, 0.5) is 24.5 Å². The van der Waals surface area contributed by atoms with E-state index < -0.39 is 48.9 Å². The van der Waals surface area contributed by atoms with Crippen molar-refractivity contribution in [3.05, 3.63) is 58.5 Å². The number of nitrogens with two attached hydrogens (primary N) is 1. The lowest BCUT2D eigenvalue weighted by molar-refractivity contribution is -0.137. The first-order chi connectivity index (χ1) is 17.0. The van der Waals surface area contributed by atoms with Gasteiger partial charge in [-0.3, -0.25) is 18.7 Å². The minimum atomic E-state index is -4.66. The molecule has 9 nitrogen and oxygen atoms in total. The maximum atomic E-state index is 13.3. The molecule has 1 aromatic heterocycles. The predicted octanol–water partition coefficient (Wildman–Crippen LogP) is 2.71. The van der Waals surface area contributed by atoms with Crippen molar-refractivity contribution in [1.82, 2.24) is 9.13 Å². The van der Waals surface area contributed by atoms with Gasteiger partial charge in [0, 0.05) is 24.5 Å². The minimum absolute atomic E-state index is 0.0486. The van der Waals surface area contributed by atoms with Crippen molar-refractivity contribution in [2.45, 2.75) is 33.1 Å². The SMILES string of the molecule is CCN(CC)c1ccc(N(CC(N)=O)C(=O)Cn2c(=O)n(CC#N)c3cc(C(F)(F)F)ccc32)cc1. The van der Waals surface area contributed by atoms with E-state index >= 15 is 0 Å². The first kappa shape index (κ1) is 26.3. The van der Waals surface area contributed by atoms with Crippen LogP contribution in [-0.2, 0) is 28.9 Å². The summed E-state index contributed by atoms with van der Waals surface area (Å²) in [7, 11) is 0. The Hall–Kier alpha value is -4.27. The molecular weight excluding hydrogens is 477 g/mol. The number of amides is 2. The second kappa shape index (κ2) is 10.6. The standard InChI is InChI=1S/C24H25F3N6O3/c1-3-30(4-2)17-6-8-18(9-7-17)32(14-21(29)34)22(35)15-33-19-10-5-16(24(25,26)27)13-20(19)31(12-11-28)23(33)36/h5-10,13H,3-4,12,14-15H2,1-2H3,(H2,29,34). The average Bonchev–Trinajstić information content (AvgIpc) is 3.09. The Bertz CT molecular complexity index is 1370. The lowest BCUT2D eigenvalue weighted by Gasteiger charge is -2.24. The van der Waals surface area contributed by atoms with E-state index in [1.54, 1.807) is 30.3 Å². The maximum Gasteiger partial charge on any atom is 0.416 e. The topological polar surface area (TPSA) is 117 Å². The summed E-state index contributed by atoms with van der Waals surface area (Å²) in [6, 6.07) is 11.3. The van der Waals surface area contributed by atoms with Crippen LogP contribution in [-0.4, -0.2) is 40.6 Å².